The van der Waals surface area contributed by atoms with Crippen LogP contribution in [0.2, 0.25) is 0 Å². The van der Waals surface area contributed by atoms with Crippen LogP contribution in [-0.4, -0.2) is 11.6 Å². The lowest BCUT2D eigenvalue weighted by molar-refractivity contribution is 0.242. The van der Waals surface area contributed by atoms with Gasteiger partial charge in [-0.1, -0.05) is 31.2 Å². The highest BCUT2D eigenvalue weighted by molar-refractivity contribution is 5.31. The van der Waals surface area contributed by atoms with Crippen LogP contribution in [0.5, 0.6) is 0 Å². The molecular formula is C10H14N2. The quantitative estimate of drug-likeness (QED) is 0.585. The summed E-state index contributed by atoms with van der Waals surface area (Å²) in [6.07, 6.45) is 0. The number of fused-ring (bicyclic) bond motifs is 1. The molecule has 12 heavy (non-hydrogen) atoms. The van der Waals surface area contributed by atoms with Crippen molar-refractivity contribution < 1.29 is 0 Å². The smallest absolute Gasteiger partial charge is 0.0382 e. The molecule has 1 aromatic rings. The molecule has 0 fully saturated rings. The second-order valence-corrected chi connectivity index (χ2v) is 3.53. The molecule has 0 saturated heterocycles. The van der Waals surface area contributed by atoms with Gasteiger partial charge in [0.2, 0.25) is 0 Å². The fourth-order valence-electron chi connectivity index (χ4n) is 1.89. The van der Waals surface area contributed by atoms with Crippen LogP contribution < -0.4 is 5.84 Å². The molecular weight excluding hydrogens is 148 g/mol. The van der Waals surface area contributed by atoms with Crippen molar-refractivity contribution in [2.75, 3.05) is 6.54 Å². The van der Waals surface area contributed by atoms with Gasteiger partial charge in [0.1, 0.15) is 0 Å². The van der Waals surface area contributed by atoms with Crippen molar-refractivity contribution in [2.24, 2.45) is 5.84 Å². The third-order valence-electron chi connectivity index (χ3n) is 2.47. The zero-order valence-electron chi connectivity index (χ0n) is 7.33. The van der Waals surface area contributed by atoms with Crippen LogP contribution in [0.4, 0.5) is 0 Å². The SMILES string of the molecule is CC1CN(N)Cc2ccccc21. The van der Waals surface area contributed by atoms with E-state index < -0.39 is 0 Å². The van der Waals surface area contributed by atoms with Crippen LogP contribution in [0, 0.1) is 0 Å². The molecule has 0 bridgehead atoms. The molecule has 2 nitrogen and oxygen atoms in total. The average Bonchev–Trinajstić information content (AvgIpc) is 2.04. The van der Waals surface area contributed by atoms with E-state index >= 15 is 0 Å². The Morgan fingerprint density at radius 3 is 3.00 bits per heavy atom. The lowest BCUT2D eigenvalue weighted by Crippen LogP contribution is -2.37. The van der Waals surface area contributed by atoms with E-state index in [0.717, 1.165) is 13.1 Å². The largest absolute Gasteiger partial charge is 0.268 e. The van der Waals surface area contributed by atoms with Crippen LogP contribution in [-0.2, 0) is 6.54 Å². The summed E-state index contributed by atoms with van der Waals surface area (Å²) < 4.78 is 0. The van der Waals surface area contributed by atoms with E-state index in [1.165, 1.54) is 11.1 Å². The molecule has 0 aliphatic carbocycles. The first-order valence-corrected chi connectivity index (χ1v) is 4.35. The maximum absolute atomic E-state index is 5.77. The Bertz CT molecular complexity index is 283. The summed E-state index contributed by atoms with van der Waals surface area (Å²) in [4.78, 5) is 0. The molecule has 1 aliphatic rings. The molecule has 1 heterocycles. The molecule has 1 aliphatic heterocycles. The molecule has 0 amide bonds. The van der Waals surface area contributed by atoms with Gasteiger partial charge in [0.05, 0.1) is 0 Å². The van der Waals surface area contributed by atoms with Crippen LogP contribution in [0.15, 0.2) is 24.3 Å². The van der Waals surface area contributed by atoms with Crippen molar-refractivity contribution in [3.8, 4) is 0 Å². The summed E-state index contributed by atoms with van der Waals surface area (Å²) >= 11 is 0. The summed E-state index contributed by atoms with van der Waals surface area (Å²) in [5, 5.41) is 1.88. The second-order valence-electron chi connectivity index (χ2n) is 3.53. The number of nitrogens with zero attached hydrogens (tertiary/aromatic N) is 1. The highest BCUT2D eigenvalue weighted by Gasteiger charge is 2.18. The van der Waals surface area contributed by atoms with Crippen LogP contribution >= 0.6 is 0 Å². The molecule has 1 unspecified atom stereocenters. The van der Waals surface area contributed by atoms with Crippen LogP contribution in [0.3, 0.4) is 0 Å². The Morgan fingerprint density at radius 2 is 2.17 bits per heavy atom. The van der Waals surface area contributed by atoms with E-state index in [9.17, 15) is 0 Å². The standard InChI is InChI=1S/C10H14N2/c1-8-6-12(11)7-9-4-2-3-5-10(8)9/h2-5,8H,6-7,11H2,1H3. The van der Waals surface area contributed by atoms with E-state index in [4.69, 9.17) is 5.84 Å². The Balaban J connectivity index is 2.40. The Kier molecular flexibility index (Phi) is 1.87. The topological polar surface area (TPSA) is 29.3 Å². The van der Waals surface area contributed by atoms with Crippen molar-refractivity contribution in [1.29, 1.82) is 0 Å². The van der Waals surface area contributed by atoms with Crippen molar-refractivity contribution >= 4 is 0 Å². The van der Waals surface area contributed by atoms with Crippen LogP contribution in [0.1, 0.15) is 24.0 Å². The highest BCUT2D eigenvalue weighted by Crippen LogP contribution is 2.25. The zero-order valence-corrected chi connectivity index (χ0v) is 7.33. The minimum atomic E-state index is 0.569. The maximum Gasteiger partial charge on any atom is 0.0382 e. The third kappa shape index (κ3) is 1.24. The molecule has 2 N–H and O–H groups in total. The predicted octanol–water partition coefficient (Wildman–Crippen LogP) is 1.48. The van der Waals surface area contributed by atoms with E-state index in [1.54, 1.807) is 0 Å². The zero-order chi connectivity index (χ0) is 8.55. The van der Waals surface area contributed by atoms with Gasteiger partial charge in [-0.3, -0.25) is 5.84 Å². The van der Waals surface area contributed by atoms with Crippen LogP contribution in [0.25, 0.3) is 0 Å². The number of hydrazine groups is 1. The van der Waals surface area contributed by atoms with Gasteiger partial charge in [0.25, 0.3) is 0 Å². The molecule has 1 atom stereocenters. The predicted molar refractivity (Wildman–Crippen MR) is 49.5 cm³/mol. The molecule has 2 heteroatoms. The van der Waals surface area contributed by atoms with Gasteiger partial charge in [-0.2, -0.15) is 0 Å². The first-order chi connectivity index (χ1) is 5.77. The minimum Gasteiger partial charge on any atom is -0.268 e. The number of hydrogen-bond donors (Lipinski definition) is 1. The number of hydrogen-bond acceptors (Lipinski definition) is 2. The van der Waals surface area contributed by atoms with Gasteiger partial charge in [-0.05, 0) is 17.0 Å². The van der Waals surface area contributed by atoms with Gasteiger partial charge >= 0.3 is 0 Å². The van der Waals surface area contributed by atoms with Gasteiger partial charge in [0.15, 0.2) is 0 Å². The molecule has 1 aromatic carbocycles. The van der Waals surface area contributed by atoms with Crippen molar-refractivity contribution in [1.82, 2.24) is 5.01 Å². The third-order valence-corrected chi connectivity index (χ3v) is 2.47. The summed E-state index contributed by atoms with van der Waals surface area (Å²) in [5.74, 6) is 6.34. The lowest BCUT2D eigenvalue weighted by atomic mass is 9.92. The normalized spacial score (nSPS) is 23.7. The molecule has 0 aromatic heterocycles. The monoisotopic (exact) mass is 162 g/mol. The fraction of sp³-hybridized carbons (Fsp3) is 0.400. The molecule has 0 spiro atoms. The van der Waals surface area contributed by atoms with E-state index in [1.807, 2.05) is 5.01 Å². The highest BCUT2D eigenvalue weighted by atomic mass is 15.4. The van der Waals surface area contributed by atoms with Gasteiger partial charge < -0.3 is 0 Å². The number of rotatable bonds is 0. The van der Waals surface area contributed by atoms with Gasteiger partial charge in [0, 0.05) is 13.1 Å². The maximum atomic E-state index is 5.77. The summed E-state index contributed by atoms with van der Waals surface area (Å²) in [6.45, 7) is 4.08. The first kappa shape index (κ1) is 7.77. The van der Waals surface area contributed by atoms with Crippen molar-refractivity contribution in [3.63, 3.8) is 0 Å². The van der Waals surface area contributed by atoms with E-state index in [0.29, 0.717) is 5.92 Å². The second kappa shape index (κ2) is 2.88. The van der Waals surface area contributed by atoms with Crippen molar-refractivity contribution in [2.45, 2.75) is 19.4 Å². The number of benzene rings is 1. The van der Waals surface area contributed by atoms with E-state index in [2.05, 4.69) is 31.2 Å². The van der Waals surface area contributed by atoms with E-state index in [-0.39, 0.29) is 0 Å². The Hall–Kier alpha value is -0.860. The molecule has 0 radical (unpaired) electrons. The van der Waals surface area contributed by atoms with Gasteiger partial charge in [-0.15, -0.1) is 0 Å². The number of nitrogens with two attached hydrogens (primary N) is 1. The molecule has 64 valence electrons. The first-order valence-electron chi connectivity index (χ1n) is 4.35. The molecule has 0 saturated carbocycles. The molecule has 2 rings (SSSR count). The van der Waals surface area contributed by atoms with Crippen molar-refractivity contribution in [3.05, 3.63) is 35.4 Å². The average molecular weight is 162 g/mol. The lowest BCUT2D eigenvalue weighted by Gasteiger charge is -2.29. The summed E-state index contributed by atoms with van der Waals surface area (Å²) in [7, 11) is 0. The van der Waals surface area contributed by atoms with Gasteiger partial charge in [-0.25, -0.2) is 5.01 Å². The fourth-order valence-corrected chi connectivity index (χ4v) is 1.89. The summed E-state index contributed by atoms with van der Waals surface area (Å²) in [6, 6.07) is 8.53. The Morgan fingerprint density at radius 1 is 1.42 bits per heavy atom. The Labute approximate surface area is 73.0 Å². The summed E-state index contributed by atoms with van der Waals surface area (Å²) in [5.41, 5.74) is 2.83. The minimum absolute atomic E-state index is 0.569.